The van der Waals surface area contributed by atoms with Crippen LogP contribution in [-0.4, -0.2) is 24.0 Å². The Balaban J connectivity index is 2.40. The first-order chi connectivity index (χ1) is 9.49. The first-order valence-corrected chi connectivity index (χ1v) is 6.46. The second-order valence-electron chi connectivity index (χ2n) is 4.88. The van der Waals surface area contributed by atoms with Crippen LogP contribution in [0.1, 0.15) is 18.9 Å². The number of nitro groups is 1. The van der Waals surface area contributed by atoms with Gasteiger partial charge in [-0.25, -0.2) is 0 Å². The van der Waals surface area contributed by atoms with E-state index in [4.69, 9.17) is 10.5 Å². The van der Waals surface area contributed by atoms with Crippen LogP contribution >= 0.6 is 0 Å². The van der Waals surface area contributed by atoms with Crippen LogP contribution in [0.2, 0.25) is 0 Å². The molecule has 0 spiro atoms. The number of nitrogens with zero attached hydrogens (tertiary/aromatic N) is 1. The van der Waals surface area contributed by atoms with Crippen LogP contribution in [0.5, 0.6) is 5.75 Å². The summed E-state index contributed by atoms with van der Waals surface area (Å²) in [6.45, 7) is 2.83. The van der Waals surface area contributed by atoms with Gasteiger partial charge in [-0.15, -0.1) is 0 Å². The van der Waals surface area contributed by atoms with Crippen molar-refractivity contribution < 1.29 is 14.5 Å². The molecular formula is C13H17N3O4. The molecule has 7 nitrogen and oxygen atoms in total. The smallest absolute Gasteiger partial charge is 0.296 e. The molecule has 1 aromatic carbocycles. The standard InChI is InChI=1S/C13H17N3O4/c1-8(13(14)17)5-9-6-10(16(18)19)12-11(7-9)20-4-2-3-15-12/h6-8,15H,2-5H2,1H3,(H2,14,17)/t8-/m1/s1. The molecule has 1 aliphatic heterocycles. The van der Waals surface area contributed by atoms with Gasteiger partial charge in [0.1, 0.15) is 5.75 Å². The van der Waals surface area contributed by atoms with Crippen LogP contribution in [0.25, 0.3) is 0 Å². The van der Waals surface area contributed by atoms with Crippen LogP contribution in [0.3, 0.4) is 0 Å². The minimum absolute atomic E-state index is 0.0314. The third-order valence-electron chi connectivity index (χ3n) is 3.25. The Bertz CT molecular complexity index is 545. The maximum absolute atomic E-state index is 11.2. The lowest BCUT2D eigenvalue weighted by atomic mass is 9.99. The molecule has 3 N–H and O–H groups in total. The Labute approximate surface area is 116 Å². The zero-order valence-electron chi connectivity index (χ0n) is 11.2. The van der Waals surface area contributed by atoms with Crippen LogP contribution in [0.4, 0.5) is 11.4 Å². The van der Waals surface area contributed by atoms with Gasteiger partial charge in [-0.3, -0.25) is 14.9 Å². The fraction of sp³-hybridized carbons (Fsp3) is 0.462. The Morgan fingerprint density at radius 3 is 3.00 bits per heavy atom. The zero-order valence-corrected chi connectivity index (χ0v) is 11.2. The predicted octanol–water partition coefficient (Wildman–Crippen LogP) is 1.45. The maximum Gasteiger partial charge on any atom is 0.296 e. The molecule has 1 atom stereocenters. The van der Waals surface area contributed by atoms with Gasteiger partial charge in [0, 0.05) is 18.5 Å². The van der Waals surface area contributed by atoms with Gasteiger partial charge >= 0.3 is 0 Å². The summed E-state index contributed by atoms with van der Waals surface area (Å²) in [5.41, 5.74) is 6.27. The number of primary amides is 1. The fourth-order valence-electron chi connectivity index (χ4n) is 2.13. The van der Waals surface area contributed by atoms with Crippen molar-refractivity contribution in [2.75, 3.05) is 18.5 Å². The van der Waals surface area contributed by atoms with Gasteiger partial charge in [-0.2, -0.15) is 0 Å². The monoisotopic (exact) mass is 279 g/mol. The second-order valence-corrected chi connectivity index (χ2v) is 4.88. The normalized spacial score (nSPS) is 15.2. The van der Waals surface area contributed by atoms with Gasteiger partial charge < -0.3 is 15.8 Å². The first kappa shape index (κ1) is 14.1. The van der Waals surface area contributed by atoms with Crippen molar-refractivity contribution in [2.24, 2.45) is 11.7 Å². The summed E-state index contributed by atoms with van der Waals surface area (Å²) in [5, 5.41) is 14.2. The Morgan fingerprint density at radius 1 is 1.60 bits per heavy atom. The van der Waals surface area contributed by atoms with Crippen molar-refractivity contribution in [3.8, 4) is 5.75 Å². The van der Waals surface area contributed by atoms with Crippen LogP contribution < -0.4 is 15.8 Å². The number of ether oxygens (including phenoxy) is 1. The van der Waals surface area contributed by atoms with E-state index in [1.54, 1.807) is 13.0 Å². The number of carbonyl (C=O) groups excluding carboxylic acids is 1. The van der Waals surface area contributed by atoms with Crippen molar-refractivity contribution in [1.82, 2.24) is 0 Å². The lowest BCUT2D eigenvalue weighted by molar-refractivity contribution is -0.384. The zero-order chi connectivity index (χ0) is 14.7. The van der Waals surface area contributed by atoms with Gasteiger partial charge in [0.05, 0.1) is 11.5 Å². The molecule has 0 aliphatic carbocycles. The Kier molecular flexibility index (Phi) is 4.07. The molecular weight excluding hydrogens is 262 g/mol. The van der Waals surface area contributed by atoms with Crippen molar-refractivity contribution in [2.45, 2.75) is 19.8 Å². The molecule has 1 heterocycles. The summed E-state index contributed by atoms with van der Waals surface area (Å²) in [4.78, 5) is 21.8. The van der Waals surface area contributed by atoms with Crippen LogP contribution in [-0.2, 0) is 11.2 Å². The molecule has 0 aromatic heterocycles. The van der Waals surface area contributed by atoms with Gasteiger partial charge in [0.25, 0.3) is 5.69 Å². The largest absolute Gasteiger partial charge is 0.491 e. The topological polar surface area (TPSA) is 107 Å². The lowest BCUT2D eigenvalue weighted by Gasteiger charge is -2.12. The van der Waals surface area contributed by atoms with Gasteiger partial charge in [0.2, 0.25) is 5.91 Å². The molecule has 1 aliphatic rings. The summed E-state index contributed by atoms with van der Waals surface area (Å²) >= 11 is 0. The highest BCUT2D eigenvalue weighted by atomic mass is 16.6. The minimum Gasteiger partial charge on any atom is -0.491 e. The highest BCUT2D eigenvalue weighted by molar-refractivity contribution is 5.77. The van der Waals surface area contributed by atoms with E-state index in [9.17, 15) is 14.9 Å². The molecule has 0 saturated carbocycles. The number of nitro benzene ring substituents is 1. The number of carbonyl (C=O) groups is 1. The number of nitrogens with one attached hydrogen (secondary N) is 1. The quantitative estimate of drug-likeness (QED) is 0.640. The first-order valence-electron chi connectivity index (χ1n) is 6.46. The molecule has 1 aromatic rings. The van der Waals surface area contributed by atoms with E-state index in [2.05, 4.69) is 5.32 Å². The number of hydrogen-bond acceptors (Lipinski definition) is 5. The predicted molar refractivity (Wildman–Crippen MR) is 73.8 cm³/mol. The van der Waals surface area contributed by atoms with Crippen LogP contribution in [0.15, 0.2) is 12.1 Å². The SMILES string of the molecule is C[C@H](Cc1cc2c(c([N+](=O)[O-])c1)NCCCO2)C(N)=O. The number of anilines is 1. The molecule has 7 heteroatoms. The summed E-state index contributed by atoms with van der Waals surface area (Å²) in [6, 6.07) is 3.21. The average Bonchev–Trinajstić information content (AvgIpc) is 2.62. The number of fused-ring (bicyclic) bond motifs is 1. The molecule has 20 heavy (non-hydrogen) atoms. The molecule has 1 amide bonds. The van der Waals surface area contributed by atoms with Gasteiger partial charge in [0.15, 0.2) is 5.69 Å². The maximum atomic E-state index is 11.2. The van der Waals surface area contributed by atoms with Gasteiger partial charge in [-0.05, 0) is 24.5 Å². The molecule has 0 saturated heterocycles. The molecule has 0 radical (unpaired) electrons. The molecule has 0 bridgehead atoms. The summed E-state index contributed by atoms with van der Waals surface area (Å²) < 4.78 is 5.54. The third-order valence-corrected chi connectivity index (χ3v) is 3.25. The van der Waals surface area contributed by atoms with Gasteiger partial charge in [-0.1, -0.05) is 6.92 Å². The van der Waals surface area contributed by atoms with Crippen molar-refractivity contribution in [1.29, 1.82) is 0 Å². The van der Waals surface area contributed by atoms with Crippen molar-refractivity contribution in [3.63, 3.8) is 0 Å². The highest BCUT2D eigenvalue weighted by Crippen LogP contribution is 2.37. The third kappa shape index (κ3) is 2.98. The lowest BCUT2D eigenvalue weighted by Crippen LogP contribution is -2.22. The van der Waals surface area contributed by atoms with E-state index >= 15 is 0 Å². The van der Waals surface area contributed by atoms with Crippen molar-refractivity contribution in [3.05, 3.63) is 27.8 Å². The number of nitrogens with two attached hydrogens (primary N) is 1. The number of benzene rings is 1. The van der Waals surface area contributed by atoms with E-state index < -0.39 is 10.8 Å². The molecule has 2 rings (SSSR count). The molecule has 108 valence electrons. The number of rotatable bonds is 4. The summed E-state index contributed by atoms with van der Waals surface area (Å²) in [5.74, 6) is -0.351. The van der Waals surface area contributed by atoms with Crippen molar-refractivity contribution >= 4 is 17.3 Å². The van der Waals surface area contributed by atoms with Crippen LogP contribution in [0, 0.1) is 16.0 Å². The highest BCUT2D eigenvalue weighted by Gasteiger charge is 2.23. The second kappa shape index (κ2) is 5.77. The average molecular weight is 279 g/mol. The van der Waals surface area contributed by atoms with E-state index in [0.717, 1.165) is 6.42 Å². The minimum atomic E-state index is -0.445. The van der Waals surface area contributed by atoms with E-state index in [1.165, 1.54) is 6.07 Å². The van der Waals surface area contributed by atoms with E-state index in [0.29, 0.717) is 36.6 Å². The fourth-order valence-corrected chi connectivity index (χ4v) is 2.13. The van der Waals surface area contributed by atoms with E-state index in [-0.39, 0.29) is 11.6 Å². The Hall–Kier alpha value is -2.31. The van der Waals surface area contributed by atoms with E-state index in [1.807, 2.05) is 0 Å². The number of hydrogen-bond donors (Lipinski definition) is 2. The summed E-state index contributed by atoms with van der Waals surface area (Å²) in [6.07, 6.45) is 1.13. The molecule has 0 fully saturated rings. The summed E-state index contributed by atoms with van der Waals surface area (Å²) in [7, 11) is 0. The molecule has 0 unspecified atom stereocenters. The number of amides is 1. The Morgan fingerprint density at radius 2 is 2.35 bits per heavy atom.